The smallest absolute Gasteiger partial charge is 0.475 e. The Labute approximate surface area is 119 Å². The average Bonchev–Trinajstić information content (AvgIpc) is 2.45. The van der Waals surface area contributed by atoms with Crippen LogP contribution in [0.15, 0.2) is 18.2 Å². The number of benzene rings is 1. The van der Waals surface area contributed by atoms with Crippen molar-refractivity contribution in [2.24, 2.45) is 0 Å². The van der Waals surface area contributed by atoms with Gasteiger partial charge in [-0.25, -0.2) is 4.57 Å². The Morgan fingerprint density at radius 1 is 0.950 bits per heavy atom. The Bertz CT molecular complexity index is 452. The number of rotatable bonds is 9. The first-order chi connectivity index (χ1) is 9.58. The summed E-state index contributed by atoms with van der Waals surface area (Å²) in [6.45, 7) is 4.06. The molecule has 0 aliphatic heterocycles. The Morgan fingerprint density at radius 2 is 1.55 bits per heavy atom. The van der Waals surface area contributed by atoms with Crippen molar-refractivity contribution in [1.82, 2.24) is 0 Å². The van der Waals surface area contributed by atoms with E-state index in [0.29, 0.717) is 11.5 Å². The maximum absolute atomic E-state index is 12.1. The fraction of sp³-hybridized carbons (Fsp3) is 0.538. The van der Waals surface area contributed by atoms with Crippen molar-refractivity contribution < 1.29 is 27.6 Å². The Hall–Kier alpha value is -1.07. The largest absolute Gasteiger partial charge is 0.493 e. The average molecular weight is 304 g/mol. The van der Waals surface area contributed by atoms with Crippen molar-refractivity contribution in [1.29, 1.82) is 0 Å². The van der Waals surface area contributed by atoms with Gasteiger partial charge in [-0.2, -0.15) is 0 Å². The van der Waals surface area contributed by atoms with Gasteiger partial charge in [0.25, 0.3) is 0 Å². The molecule has 0 radical (unpaired) electrons. The second kappa shape index (κ2) is 8.27. The predicted molar refractivity (Wildman–Crippen MR) is 75.2 cm³/mol. The van der Waals surface area contributed by atoms with Crippen LogP contribution in [0.3, 0.4) is 0 Å². The van der Waals surface area contributed by atoms with E-state index < -0.39 is 7.82 Å². The second-order valence-corrected chi connectivity index (χ2v) is 5.41. The summed E-state index contributed by atoms with van der Waals surface area (Å²) in [5.74, 6) is 1.20. The molecule has 0 saturated carbocycles. The van der Waals surface area contributed by atoms with Gasteiger partial charge in [-0.05, 0) is 31.5 Å². The van der Waals surface area contributed by atoms with Crippen LogP contribution >= 0.6 is 7.82 Å². The quantitative estimate of drug-likeness (QED) is 0.652. The van der Waals surface area contributed by atoms with Gasteiger partial charge in [-0.3, -0.25) is 13.6 Å². The lowest BCUT2D eigenvalue weighted by Gasteiger charge is -2.16. The third-order valence-corrected chi connectivity index (χ3v) is 4.01. The van der Waals surface area contributed by atoms with Gasteiger partial charge in [0.1, 0.15) is 0 Å². The topological polar surface area (TPSA) is 63.2 Å². The minimum absolute atomic E-state index is 0.0949. The molecule has 1 rings (SSSR count). The highest BCUT2D eigenvalue weighted by Crippen LogP contribution is 2.50. The molecule has 1 aromatic carbocycles. The minimum Gasteiger partial charge on any atom is -0.493 e. The lowest BCUT2D eigenvalue weighted by Crippen LogP contribution is -2.01. The van der Waals surface area contributed by atoms with Gasteiger partial charge in [0.2, 0.25) is 0 Å². The number of phosphoric acid groups is 1. The lowest BCUT2D eigenvalue weighted by molar-refractivity contribution is 0.116. The summed E-state index contributed by atoms with van der Waals surface area (Å²) < 4.78 is 37.9. The zero-order valence-corrected chi connectivity index (χ0v) is 13.1. The molecule has 0 bridgehead atoms. The van der Waals surface area contributed by atoms with Crippen LogP contribution in [0.2, 0.25) is 0 Å². The molecule has 0 heterocycles. The molecule has 1 aromatic rings. The van der Waals surface area contributed by atoms with Crippen LogP contribution < -0.4 is 9.47 Å². The van der Waals surface area contributed by atoms with Crippen LogP contribution in [0.4, 0.5) is 0 Å². The van der Waals surface area contributed by atoms with Gasteiger partial charge >= 0.3 is 7.82 Å². The van der Waals surface area contributed by atoms with Crippen molar-refractivity contribution in [3.05, 3.63) is 23.8 Å². The van der Waals surface area contributed by atoms with E-state index in [1.54, 1.807) is 46.3 Å². The van der Waals surface area contributed by atoms with E-state index in [9.17, 15) is 4.57 Å². The zero-order valence-electron chi connectivity index (χ0n) is 12.3. The summed E-state index contributed by atoms with van der Waals surface area (Å²) >= 11 is 0. The highest BCUT2D eigenvalue weighted by atomic mass is 31.2. The summed E-state index contributed by atoms with van der Waals surface area (Å²) in [7, 11) is -0.388. The van der Waals surface area contributed by atoms with Crippen molar-refractivity contribution >= 4 is 7.82 Å². The van der Waals surface area contributed by atoms with Crippen LogP contribution in [0.1, 0.15) is 19.4 Å². The van der Waals surface area contributed by atoms with Gasteiger partial charge in [-0.15, -0.1) is 0 Å². The summed E-state index contributed by atoms with van der Waals surface area (Å²) in [5.41, 5.74) is 0.780. The van der Waals surface area contributed by atoms with Crippen LogP contribution in [0.5, 0.6) is 11.5 Å². The fourth-order valence-corrected chi connectivity index (χ4v) is 2.72. The molecule has 0 spiro atoms. The molecule has 0 amide bonds. The van der Waals surface area contributed by atoms with E-state index in [-0.39, 0.29) is 19.8 Å². The Kier molecular flexibility index (Phi) is 7.02. The standard InChI is InChI=1S/C13H21O6P/c1-5-17-20(14,18-6-2)19-10-11-7-8-12(15-3)13(9-11)16-4/h7-9H,5-6,10H2,1-4H3. The molecule has 114 valence electrons. The third kappa shape index (κ3) is 4.80. The molecule has 0 atom stereocenters. The SMILES string of the molecule is CCOP(=O)(OCC)OCc1ccc(OC)c(OC)c1. The van der Waals surface area contributed by atoms with Crippen molar-refractivity contribution in [3.8, 4) is 11.5 Å². The van der Waals surface area contributed by atoms with Crippen LogP contribution in [0, 0.1) is 0 Å². The predicted octanol–water partition coefficient (Wildman–Crippen LogP) is 3.40. The van der Waals surface area contributed by atoms with E-state index in [0.717, 1.165) is 5.56 Å². The number of ether oxygens (including phenoxy) is 2. The van der Waals surface area contributed by atoms with E-state index in [4.69, 9.17) is 23.0 Å². The summed E-state index contributed by atoms with van der Waals surface area (Å²) in [4.78, 5) is 0. The maximum Gasteiger partial charge on any atom is 0.475 e. The Balaban J connectivity index is 2.75. The molecule has 0 aromatic heterocycles. The van der Waals surface area contributed by atoms with Crippen molar-refractivity contribution in [2.45, 2.75) is 20.5 Å². The highest BCUT2D eigenvalue weighted by Gasteiger charge is 2.25. The van der Waals surface area contributed by atoms with Gasteiger partial charge in [-0.1, -0.05) is 6.07 Å². The van der Waals surface area contributed by atoms with Gasteiger partial charge < -0.3 is 9.47 Å². The molecule has 0 saturated heterocycles. The van der Waals surface area contributed by atoms with E-state index in [1.807, 2.05) is 0 Å². The minimum atomic E-state index is -3.50. The summed E-state index contributed by atoms with van der Waals surface area (Å²) in [5, 5.41) is 0. The third-order valence-electron chi connectivity index (χ3n) is 2.41. The number of hydrogen-bond acceptors (Lipinski definition) is 6. The van der Waals surface area contributed by atoms with Crippen molar-refractivity contribution in [3.63, 3.8) is 0 Å². The lowest BCUT2D eigenvalue weighted by atomic mass is 10.2. The summed E-state index contributed by atoms with van der Waals surface area (Å²) in [6, 6.07) is 5.30. The van der Waals surface area contributed by atoms with Gasteiger partial charge in [0.15, 0.2) is 11.5 Å². The number of methoxy groups -OCH3 is 2. The summed E-state index contributed by atoms with van der Waals surface area (Å²) in [6.07, 6.45) is 0. The fourth-order valence-electron chi connectivity index (χ4n) is 1.55. The monoisotopic (exact) mass is 304 g/mol. The molecule has 7 heteroatoms. The highest BCUT2D eigenvalue weighted by molar-refractivity contribution is 7.48. The molecular formula is C13H21O6P. The first kappa shape index (κ1) is 17.0. The Morgan fingerprint density at radius 3 is 2.05 bits per heavy atom. The van der Waals surface area contributed by atoms with Gasteiger partial charge in [0.05, 0.1) is 34.0 Å². The number of hydrogen-bond donors (Lipinski definition) is 0. The van der Waals surface area contributed by atoms with Crippen molar-refractivity contribution in [2.75, 3.05) is 27.4 Å². The van der Waals surface area contributed by atoms with Gasteiger partial charge in [0, 0.05) is 0 Å². The molecule has 0 N–H and O–H groups in total. The maximum atomic E-state index is 12.1. The van der Waals surface area contributed by atoms with E-state index >= 15 is 0 Å². The second-order valence-electron chi connectivity index (χ2n) is 3.75. The zero-order chi connectivity index (χ0) is 15.0. The molecule has 20 heavy (non-hydrogen) atoms. The van der Waals surface area contributed by atoms with E-state index in [2.05, 4.69) is 0 Å². The normalized spacial score (nSPS) is 11.4. The van der Waals surface area contributed by atoms with Crippen LogP contribution in [-0.2, 0) is 24.7 Å². The first-order valence-corrected chi connectivity index (χ1v) is 7.79. The van der Waals surface area contributed by atoms with E-state index in [1.165, 1.54) is 0 Å². The first-order valence-electron chi connectivity index (χ1n) is 6.33. The number of phosphoric ester groups is 1. The molecule has 6 nitrogen and oxygen atoms in total. The molecule has 0 fully saturated rings. The van der Waals surface area contributed by atoms with Crippen LogP contribution in [-0.4, -0.2) is 27.4 Å². The molecule has 0 unspecified atom stereocenters. The molecular weight excluding hydrogens is 283 g/mol. The molecule has 0 aliphatic carbocycles. The molecule has 0 aliphatic rings. The van der Waals surface area contributed by atoms with Crippen LogP contribution in [0.25, 0.3) is 0 Å².